The molecule has 0 bridgehead atoms. The second-order valence-corrected chi connectivity index (χ2v) is 8.71. The molecule has 0 fully saturated rings. The molecule has 39 heavy (non-hydrogen) atoms. The summed E-state index contributed by atoms with van der Waals surface area (Å²) >= 11 is 0. The van der Waals surface area contributed by atoms with Crippen molar-refractivity contribution < 1.29 is 36.9 Å². The van der Waals surface area contributed by atoms with Crippen molar-refractivity contribution in [2.24, 2.45) is 0 Å². The van der Waals surface area contributed by atoms with Crippen LogP contribution < -0.4 is 14.8 Å². The first-order valence-electron chi connectivity index (χ1n) is 12.5. The number of benzene rings is 2. The maximum absolute atomic E-state index is 13.7. The van der Waals surface area contributed by atoms with Gasteiger partial charge in [-0.25, -0.2) is 18.0 Å². The zero-order chi connectivity index (χ0) is 28.2. The first-order valence-corrected chi connectivity index (χ1v) is 12.5. The fourth-order valence-corrected chi connectivity index (χ4v) is 3.98. The Balaban J connectivity index is 1.85. The highest BCUT2D eigenvalue weighted by molar-refractivity contribution is 5.93. The van der Waals surface area contributed by atoms with Gasteiger partial charge in [-0.05, 0) is 48.4 Å². The van der Waals surface area contributed by atoms with Crippen LogP contribution in [0.2, 0.25) is 0 Å². The van der Waals surface area contributed by atoms with Crippen LogP contribution in [0.3, 0.4) is 0 Å². The molecule has 2 N–H and O–H groups in total. The lowest BCUT2D eigenvalue weighted by Crippen LogP contribution is -2.40. The summed E-state index contributed by atoms with van der Waals surface area (Å²) in [6.07, 6.45) is -4.46. The zero-order valence-electron chi connectivity index (χ0n) is 22.2. The third kappa shape index (κ3) is 9.22. The summed E-state index contributed by atoms with van der Waals surface area (Å²) in [5.74, 6) is 0.857. The van der Waals surface area contributed by atoms with Crippen molar-refractivity contribution >= 4 is 11.7 Å². The van der Waals surface area contributed by atoms with Crippen molar-refractivity contribution in [1.29, 1.82) is 0 Å². The number of H-pyrrole nitrogens is 1. The van der Waals surface area contributed by atoms with E-state index in [2.05, 4.69) is 15.2 Å². The lowest BCUT2D eigenvalue weighted by atomic mass is 10.1. The maximum atomic E-state index is 13.7. The van der Waals surface area contributed by atoms with Gasteiger partial charge in [-0.2, -0.15) is 0 Å². The molecule has 2 aromatic carbocycles. The van der Waals surface area contributed by atoms with Gasteiger partial charge in [-0.3, -0.25) is 4.90 Å². The van der Waals surface area contributed by atoms with Crippen LogP contribution in [0.25, 0.3) is 0 Å². The number of nitrogens with zero attached hydrogens (tertiary/aromatic N) is 1. The molecule has 0 saturated carbocycles. The molecule has 0 aliphatic carbocycles. The third-order valence-electron chi connectivity index (χ3n) is 5.85. The molecule has 0 aliphatic rings. The number of anilines is 1. The number of halogens is 3. The molecule has 0 saturated heterocycles. The number of nitrogens with one attached hydrogen (secondary N) is 2. The van der Waals surface area contributed by atoms with Crippen molar-refractivity contribution in [3.8, 4) is 11.5 Å². The van der Waals surface area contributed by atoms with Gasteiger partial charge in [0, 0.05) is 25.8 Å². The van der Waals surface area contributed by atoms with Crippen molar-refractivity contribution in [3.63, 3.8) is 0 Å². The smallest absolute Gasteiger partial charge is 0.356 e. The van der Waals surface area contributed by atoms with Gasteiger partial charge < -0.3 is 29.2 Å². The Morgan fingerprint density at radius 3 is 1.97 bits per heavy atom. The Morgan fingerprint density at radius 2 is 1.49 bits per heavy atom. The topological polar surface area (TPSA) is 85.1 Å². The van der Waals surface area contributed by atoms with Gasteiger partial charge in [0.25, 0.3) is 12.8 Å². The van der Waals surface area contributed by atoms with Gasteiger partial charge in [0.15, 0.2) is 0 Å². The predicted molar refractivity (Wildman–Crippen MR) is 141 cm³/mol. The maximum Gasteiger partial charge on any atom is 0.356 e. The number of methoxy groups -OCH3 is 2. The number of alkyl halides is 3. The van der Waals surface area contributed by atoms with Crippen LogP contribution in [0.5, 0.6) is 11.5 Å². The number of hydrogen-bond acceptors (Lipinski definition) is 7. The molecular formula is C28H34F3N3O5. The summed E-state index contributed by atoms with van der Waals surface area (Å²) in [5.41, 5.74) is 2.52. The summed E-state index contributed by atoms with van der Waals surface area (Å²) < 4.78 is 59.9. The average molecular weight is 550 g/mol. The minimum atomic E-state index is -3.28. The van der Waals surface area contributed by atoms with Gasteiger partial charge in [-0.15, -0.1) is 0 Å². The standard InChI is InChI=1S/C28H34F3N3O5/c1-4-38-28(35)25-24(13-14-32-25)33-21(18-39-27(31)26(29)30)17-34(15-19-5-9-22(36-2)10-6-19)16-20-7-11-23(37-3)12-8-20/h5-14,21,26-27,32-33H,4,15-18H2,1-3H3. The number of aromatic amines is 1. The highest BCUT2D eigenvalue weighted by Gasteiger charge is 2.25. The average Bonchev–Trinajstić information content (AvgIpc) is 3.40. The highest BCUT2D eigenvalue weighted by Crippen LogP contribution is 2.21. The Bertz CT molecular complexity index is 1090. The predicted octanol–water partition coefficient (Wildman–Crippen LogP) is 5.27. The summed E-state index contributed by atoms with van der Waals surface area (Å²) in [5, 5.41) is 3.15. The Labute approximate surface area is 226 Å². The quantitative estimate of drug-likeness (QED) is 0.236. The van der Waals surface area contributed by atoms with Gasteiger partial charge >= 0.3 is 5.97 Å². The number of rotatable bonds is 16. The van der Waals surface area contributed by atoms with Crippen LogP contribution in [0.15, 0.2) is 60.8 Å². The number of hydrogen-bond donors (Lipinski definition) is 2. The number of carbonyl (C=O) groups is 1. The van der Waals surface area contributed by atoms with Gasteiger partial charge in [0.2, 0.25) is 0 Å². The summed E-state index contributed by atoms with van der Waals surface area (Å²) in [4.78, 5) is 17.2. The Morgan fingerprint density at radius 1 is 0.923 bits per heavy atom. The van der Waals surface area contributed by atoms with Crippen LogP contribution in [0.4, 0.5) is 18.9 Å². The fraction of sp³-hybridized carbons (Fsp3) is 0.393. The van der Waals surface area contributed by atoms with Crippen molar-refractivity contribution in [2.45, 2.75) is 38.8 Å². The zero-order valence-corrected chi connectivity index (χ0v) is 22.2. The van der Waals surface area contributed by atoms with Gasteiger partial charge in [0.1, 0.15) is 17.2 Å². The van der Waals surface area contributed by atoms with E-state index in [0.717, 1.165) is 11.1 Å². The van der Waals surface area contributed by atoms with E-state index in [9.17, 15) is 18.0 Å². The molecule has 0 amide bonds. The Hall–Kier alpha value is -3.70. The normalized spacial score (nSPS) is 12.8. The molecule has 0 radical (unpaired) electrons. The number of aromatic nitrogens is 1. The lowest BCUT2D eigenvalue weighted by Gasteiger charge is -2.29. The summed E-state index contributed by atoms with van der Waals surface area (Å²) in [6, 6.07) is 16.1. The number of ether oxygens (including phenoxy) is 4. The van der Waals surface area contributed by atoms with E-state index in [1.807, 2.05) is 48.5 Å². The Kier molecular flexibility index (Phi) is 11.5. The van der Waals surface area contributed by atoms with Gasteiger partial charge in [0.05, 0.1) is 39.2 Å². The minimum absolute atomic E-state index is 0.171. The molecule has 11 heteroatoms. The number of carbonyl (C=O) groups excluding carboxylic acids is 1. The SMILES string of the molecule is CCOC(=O)c1[nH]ccc1NC(COC(F)C(F)F)CN(Cc1ccc(OC)cc1)Cc1ccc(OC)cc1. The first kappa shape index (κ1) is 29.9. The largest absolute Gasteiger partial charge is 0.497 e. The van der Waals surface area contributed by atoms with E-state index < -0.39 is 24.8 Å². The molecule has 8 nitrogen and oxygen atoms in total. The molecule has 212 valence electrons. The third-order valence-corrected chi connectivity index (χ3v) is 5.85. The molecule has 1 heterocycles. The summed E-state index contributed by atoms with van der Waals surface area (Å²) in [6.45, 7) is 2.73. The monoisotopic (exact) mass is 549 g/mol. The second kappa shape index (κ2) is 15.0. The van der Waals surface area contributed by atoms with Gasteiger partial charge in [-0.1, -0.05) is 24.3 Å². The molecule has 3 aromatic rings. The second-order valence-electron chi connectivity index (χ2n) is 8.71. The van der Waals surface area contributed by atoms with Crippen molar-refractivity contribution in [2.75, 3.05) is 39.3 Å². The van der Waals surface area contributed by atoms with E-state index in [-0.39, 0.29) is 25.5 Å². The summed E-state index contributed by atoms with van der Waals surface area (Å²) in [7, 11) is 3.18. The molecular weight excluding hydrogens is 515 g/mol. The van der Waals surface area contributed by atoms with E-state index in [0.29, 0.717) is 30.3 Å². The van der Waals surface area contributed by atoms with E-state index in [1.165, 1.54) is 0 Å². The molecule has 2 atom stereocenters. The van der Waals surface area contributed by atoms with Crippen LogP contribution in [-0.2, 0) is 22.6 Å². The van der Waals surface area contributed by atoms with Crippen LogP contribution in [0, 0.1) is 0 Å². The van der Waals surface area contributed by atoms with E-state index in [4.69, 9.17) is 18.9 Å². The molecule has 1 aromatic heterocycles. The molecule has 3 rings (SSSR count). The molecule has 2 unspecified atom stereocenters. The van der Waals surface area contributed by atoms with Crippen LogP contribution >= 0.6 is 0 Å². The van der Waals surface area contributed by atoms with E-state index >= 15 is 0 Å². The highest BCUT2D eigenvalue weighted by atomic mass is 19.3. The lowest BCUT2D eigenvalue weighted by molar-refractivity contribution is -0.130. The molecule has 0 aliphatic heterocycles. The van der Waals surface area contributed by atoms with Crippen molar-refractivity contribution in [1.82, 2.24) is 9.88 Å². The fourth-order valence-electron chi connectivity index (χ4n) is 3.98. The van der Waals surface area contributed by atoms with Crippen LogP contribution in [-0.4, -0.2) is 68.7 Å². The van der Waals surface area contributed by atoms with Crippen molar-refractivity contribution in [3.05, 3.63) is 77.6 Å². The number of esters is 1. The first-order chi connectivity index (χ1) is 18.8. The minimum Gasteiger partial charge on any atom is -0.497 e. The molecule has 0 spiro atoms. The van der Waals surface area contributed by atoms with E-state index in [1.54, 1.807) is 33.4 Å². The van der Waals surface area contributed by atoms with Crippen LogP contribution in [0.1, 0.15) is 28.5 Å².